The van der Waals surface area contributed by atoms with E-state index in [0.717, 1.165) is 56.5 Å². The average molecular weight is 535 g/mol. The molecule has 3 fully saturated rings. The molecule has 0 aliphatic heterocycles. The van der Waals surface area contributed by atoms with Gasteiger partial charge < -0.3 is 21.1 Å². The molecule has 1 unspecified atom stereocenters. The Morgan fingerprint density at radius 3 is 2.50 bits per heavy atom. The Labute approximate surface area is 231 Å². The highest BCUT2D eigenvalue weighted by Gasteiger charge is 2.40. The molecule has 1 aromatic carbocycles. The van der Waals surface area contributed by atoms with Gasteiger partial charge in [-0.1, -0.05) is 24.6 Å². The van der Waals surface area contributed by atoms with Crippen molar-refractivity contribution in [2.75, 3.05) is 30.0 Å². The number of aromatic nitrogens is 2. The van der Waals surface area contributed by atoms with Crippen molar-refractivity contribution in [2.45, 2.75) is 81.4 Å². The lowest BCUT2D eigenvalue weighted by Crippen LogP contribution is -2.51. The highest BCUT2D eigenvalue weighted by molar-refractivity contribution is 7.98. The van der Waals surface area contributed by atoms with Crippen molar-refractivity contribution in [1.29, 1.82) is 5.26 Å². The summed E-state index contributed by atoms with van der Waals surface area (Å²) in [5, 5.41) is 30.3. The van der Waals surface area contributed by atoms with Gasteiger partial charge in [0.25, 0.3) is 0 Å². The molecule has 5 rings (SSSR count). The van der Waals surface area contributed by atoms with Crippen molar-refractivity contribution in [3.63, 3.8) is 0 Å². The van der Waals surface area contributed by atoms with Crippen LogP contribution in [-0.2, 0) is 6.54 Å². The van der Waals surface area contributed by atoms with Crippen molar-refractivity contribution < 1.29 is 5.11 Å². The molecule has 4 N–H and O–H groups in total. The Hall–Kier alpha value is -2.34. The second-order valence-electron chi connectivity index (χ2n) is 11.5. The predicted octanol–water partition coefficient (Wildman–Crippen LogP) is 5.43. The van der Waals surface area contributed by atoms with E-state index in [2.05, 4.69) is 56.4 Å². The number of nitrogens with one attached hydrogen (secondary N) is 3. The van der Waals surface area contributed by atoms with Gasteiger partial charge in [-0.3, -0.25) is 0 Å². The van der Waals surface area contributed by atoms with Gasteiger partial charge in [0.2, 0.25) is 5.95 Å². The molecule has 0 radical (unpaired) electrons. The first-order valence-electron chi connectivity index (χ1n) is 14.4. The van der Waals surface area contributed by atoms with Crippen molar-refractivity contribution in [1.82, 2.24) is 15.3 Å². The Morgan fingerprint density at radius 1 is 1.00 bits per heavy atom. The van der Waals surface area contributed by atoms with Gasteiger partial charge in [0.1, 0.15) is 17.5 Å². The van der Waals surface area contributed by atoms with E-state index in [1.807, 2.05) is 6.07 Å². The molecule has 1 heterocycles. The van der Waals surface area contributed by atoms with Crippen molar-refractivity contribution in [2.24, 2.45) is 23.7 Å². The number of nitrogens with zero attached hydrogens (tertiary/aromatic N) is 3. The van der Waals surface area contributed by atoms with E-state index in [0.29, 0.717) is 35.8 Å². The van der Waals surface area contributed by atoms with Gasteiger partial charge in [-0.2, -0.15) is 10.2 Å². The minimum absolute atomic E-state index is 0.0752. The second kappa shape index (κ2) is 13.1. The van der Waals surface area contributed by atoms with Gasteiger partial charge in [-0.25, -0.2) is 4.98 Å². The summed E-state index contributed by atoms with van der Waals surface area (Å²) in [6, 6.07) is 11.2. The summed E-state index contributed by atoms with van der Waals surface area (Å²) in [6.07, 6.45) is 14.3. The number of fused-ring (bicyclic) bond motifs is 2. The third-order valence-electron chi connectivity index (χ3n) is 8.99. The molecule has 0 amide bonds. The third kappa shape index (κ3) is 6.80. The van der Waals surface area contributed by atoms with Gasteiger partial charge in [0.05, 0.1) is 12.3 Å². The normalized spacial score (nSPS) is 28.9. The molecular weight excluding hydrogens is 492 g/mol. The molecule has 8 heteroatoms. The largest absolute Gasteiger partial charge is 0.393 e. The average Bonchev–Trinajstić information content (AvgIpc) is 2.94. The van der Waals surface area contributed by atoms with Gasteiger partial charge in [-0.15, -0.1) is 11.8 Å². The van der Waals surface area contributed by atoms with E-state index in [1.165, 1.54) is 42.6 Å². The second-order valence-corrected chi connectivity index (χ2v) is 12.4. The first kappa shape index (κ1) is 27.2. The summed E-state index contributed by atoms with van der Waals surface area (Å²) in [7, 11) is 0. The maximum atomic E-state index is 9.82. The predicted molar refractivity (Wildman–Crippen MR) is 154 cm³/mol. The van der Waals surface area contributed by atoms with E-state index in [9.17, 15) is 10.4 Å². The number of thioether (sulfide) groups is 1. The van der Waals surface area contributed by atoms with Crippen LogP contribution >= 0.6 is 11.8 Å². The van der Waals surface area contributed by atoms with E-state index >= 15 is 0 Å². The fourth-order valence-electron chi connectivity index (χ4n) is 6.97. The molecule has 1 aromatic heterocycles. The van der Waals surface area contributed by atoms with Crippen LogP contribution in [0.25, 0.3) is 0 Å². The number of hydrogen-bond donors (Lipinski definition) is 4. The zero-order valence-electron chi connectivity index (χ0n) is 22.5. The smallest absolute Gasteiger partial charge is 0.224 e. The summed E-state index contributed by atoms with van der Waals surface area (Å²) in [5.41, 5.74) is 1.70. The molecule has 204 valence electrons. The van der Waals surface area contributed by atoms with Crippen LogP contribution in [0.1, 0.15) is 68.9 Å². The van der Waals surface area contributed by atoms with Crippen LogP contribution < -0.4 is 16.0 Å². The van der Waals surface area contributed by atoms with Crippen LogP contribution in [-0.4, -0.2) is 46.6 Å². The van der Waals surface area contributed by atoms with Crippen LogP contribution in [0.5, 0.6) is 0 Å². The lowest BCUT2D eigenvalue weighted by Gasteiger charge is -2.47. The lowest BCUT2D eigenvalue weighted by molar-refractivity contribution is 0.0749. The van der Waals surface area contributed by atoms with Crippen LogP contribution in [0, 0.1) is 35.0 Å². The van der Waals surface area contributed by atoms with E-state index in [-0.39, 0.29) is 6.10 Å². The van der Waals surface area contributed by atoms with Gasteiger partial charge in [-0.05, 0) is 99.5 Å². The SMILES string of the molecule is CSc1ccccc1CNc1ncc(C#N)c(NCC2C[C@H]3CCC[C@@H](C2)[C@@H]3NC[C@H]2CC[C@@H](O)CC2)n1. The molecule has 3 aliphatic rings. The monoisotopic (exact) mass is 534 g/mol. The number of anilines is 2. The van der Waals surface area contributed by atoms with E-state index in [4.69, 9.17) is 0 Å². The van der Waals surface area contributed by atoms with Gasteiger partial charge >= 0.3 is 0 Å². The maximum Gasteiger partial charge on any atom is 0.224 e. The molecule has 3 aliphatic carbocycles. The fraction of sp³-hybridized carbons (Fsp3) is 0.633. The van der Waals surface area contributed by atoms with Gasteiger partial charge in [0.15, 0.2) is 0 Å². The lowest BCUT2D eigenvalue weighted by atomic mass is 9.64. The number of rotatable bonds is 10. The summed E-state index contributed by atoms with van der Waals surface area (Å²) >= 11 is 1.73. The Morgan fingerprint density at radius 2 is 1.76 bits per heavy atom. The summed E-state index contributed by atoms with van der Waals surface area (Å²) in [6.45, 7) is 2.60. The molecular formula is C30H42N6OS. The van der Waals surface area contributed by atoms with Crippen LogP contribution in [0.2, 0.25) is 0 Å². The Balaban J connectivity index is 1.15. The molecule has 2 bridgehead atoms. The number of nitriles is 1. The molecule has 0 saturated heterocycles. The summed E-state index contributed by atoms with van der Waals surface area (Å²) in [5.74, 6) is 3.96. The molecule has 38 heavy (non-hydrogen) atoms. The number of aliphatic hydroxyl groups excluding tert-OH is 1. The molecule has 4 atom stereocenters. The molecule has 3 saturated carbocycles. The first-order valence-corrected chi connectivity index (χ1v) is 15.6. The summed E-state index contributed by atoms with van der Waals surface area (Å²) in [4.78, 5) is 10.3. The molecule has 0 spiro atoms. The standard InChI is InChI=1S/C30H42N6OS/c1-38-27-8-3-2-5-24(27)18-34-30-35-19-25(15-31)29(36-30)33-17-21-13-22-6-4-7-23(14-21)28(22)32-16-20-9-11-26(37)12-10-20/h2-3,5,8,19-23,26,28,32,37H,4,6-7,9-14,16-18H2,1H3,(H2,33,34,35,36)/t20-,21?,22-,23+,26+,28-. The van der Waals surface area contributed by atoms with Crippen molar-refractivity contribution in [3.05, 3.63) is 41.6 Å². The highest BCUT2D eigenvalue weighted by Crippen LogP contribution is 2.43. The quantitative estimate of drug-likeness (QED) is 0.299. The van der Waals surface area contributed by atoms with E-state index < -0.39 is 0 Å². The third-order valence-corrected chi connectivity index (χ3v) is 9.83. The van der Waals surface area contributed by atoms with Gasteiger partial charge in [0, 0.05) is 24.0 Å². The number of hydrogen-bond acceptors (Lipinski definition) is 8. The minimum atomic E-state index is -0.0752. The number of benzene rings is 1. The first-order chi connectivity index (χ1) is 18.6. The van der Waals surface area contributed by atoms with Crippen LogP contribution in [0.4, 0.5) is 11.8 Å². The molecule has 2 aromatic rings. The van der Waals surface area contributed by atoms with Crippen molar-refractivity contribution in [3.8, 4) is 6.07 Å². The van der Waals surface area contributed by atoms with Crippen molar-refractivity contribution >= 4 is 23.5 Å². The maximum absolute atomic E-state index is 9.82. The zero-order chi connectivity index (χ0) is 26.3. The van der Waals surface area contributed by atoms with Crippen LogP contribution in [0.3, 0.4) is 0 Å². The Bertz CT molecular complexity index is 1080. The van der Waals surface area contributed by atoms with E-state index in [1.54, 1.807) is 18.0 Å². The highest BCUT2D eigenvalue weighted by atomic mass is 32.2. The summed E-state index contributed by atoms with van der Waals surface area (Å²) < 4.78 is 0. The fourth-order valence-corrected chi connectivity index (χ4v) is 7.58. The van der Waals surface area contributed by atoms with Crippen LogP contribution in [0.15, 0.2) is 35.4 Å². The number of aliphatic hydroxyl groups is 1. The zero-order valence-corrected chi connectivity index (χ0v) is 23.3. The topological polar surface area (TPSA) is 106 Å². The molecule has 7 nitrogen and oxygen atoms in total. The Kier molecular flexibility index (Phi) is 9.42. The minimum Gasteiger partial charge on any atom is -0.393 e.